The minimum Gasteiger partial charge on any atom is -0.416 e. The Morgan fingerprint density at radius 2 is 1.30 bits per heavy atom. The molecule has 5 heteroatoms. The van der Waals surface area contributed by atoms with Gasteiger partial charge in [-0.25, -0.2) is 0 Å². The lowest BCUT2D eigenvalue weighted by Gasteiger charge is -2.22. The molecule has 0 aromatic heterocycles. The maximum atomic E-state index is 5.89. The zero-order valence-corrected chi connectivity index (χ0v) is 15.1. The third-order valence-corrected chi connectivity index (χ3v) is 5.30. The van der Waals surface area contributed by atoms with E-state index >= 15 is 0 Å². The smallest absolute Gasteiger partial charge is 0.416 e. The maximum absolute atomic E-state index is 5.89. The Balaban J connectivity index is 2.02. The molecule has 0 amide bonds. The predicted molar refractivity (Wildman–Crippen MR) is 98.5 cm³/mol. The molecule has 0 fully saturated rings. The van der Waals surface area contributed by atoms with Crippen LogP contribution in [0.4, 0.5) is 0 Å². The summed E-state index contributed by atoms with van der Waals surface area (Å²) in [6, 6.07) is 18.9. The van der Waals surface area contributed by atoms with Crippen LogP contribution >= 0.6 is 6.72 Å². The zero-order chi connectivity index (χ0) is 16.4. The molecule has 23 heavy (non-hydrogen) atoms. The van der Waals surface area contributed by atoms with Crippen LogP contribution in [0.1, 0.15) is 32.6 Å². The van der Waals surface area contributed by atoms with Crippen molar-refractivity contribution in [3.05, 3.63) is 60.7 Å². The van der Waals surface area contributed by atoms with Crippen molar-refractivity contribution in [2.75, 3.05) is 6.61 Å². The van der Waals surface area contributed by atoms with Crippen molar-refractivity contribution < 1.29 is 13.6 Å². The summed E-state index contributed by atoms with van der Waals surface area (Å²) in [4.78, 5) is 0. The molecule has 0 heterocycles. The summed E-state index contributed by atoms with van der Waals surface area (Å²) in [5.41, 5.74) is 0. The van der Waals surface area contributed by atoms with E-state index in [1.165, 1.54) is 12.8 Å². The fourth-order valence-electron chi connectivity index (χ4n) is 2.00. The van der Waals surface area contributed by atoms with Crippen molar-refractivity contribution in [3.8, 4) is 11.5 Å². The molecule has 0 radical (unpaired) electrons. The van der Waals surface area contributed by atoms with Gasteiger partial charge in [0, 0.05) is 11.8 Å². The number of hydrogen-bond donors (Lipinski definition) is 0. The average Bonchev–Trinajstić information content (AvgIpc) is 2.56. The normalized spacial score (nSPS) is 11.2. The van der Waals surface area contributed by atoms with Crippen LogP contribution in [0.5, 0.6) is 11.5 Å². The van der Waals surface area contributed by atoms with Crippen molar-refractivity contribution in [2.24, 2.45) is 0 Å². The van der Waals surface area contributed by atoms with E-state index < -0.39 is 6.72 Å². The Labute approximate surface area is 143 Å². The van der Waals surface area contributed by atoms with Crippen molar-refractivity contribution in [1.82, 2.24) is 0 Å². The van der Waals surface area contributed by atoms with E-state index in [-0.39, 0.29) is 0 Å². The molecular weight excluding hydrogens is 327 g/mol. The van der Waals surface area contributed by atoms with Gasteiger partial charge in [-0.15, -0.1) is 0 Å². The van der Waals surface area contributed by atoms with Gasteiger partial charge >= 0.3 is 6.72 Å². The molecule has 0 saturated heterocycles. The second kappa shape index (κ2) is 9.71. The number of unbranched alkanes of at least 4 members (excludes halogenated alkanes) is 3. The maximum Gasteiger partial charge on any atom is 0.434 e. The van der Waals surface area contributed by atoms with Gasteiger partial charge < -0.3 is 9.05 Å². The van der Waals surface area contributed by atoms with E-state index in [4.69, 9.17) is 25.4 Å². The number of para-hydroxylation sites is 2. The summed E-state index contributed by atoms with van der Waals surface area (Å²) < 4.78 is 17.7. The van der Waals surface area contributed by atoms with Crippen LogP contribution in [0.25, 0.3) is 0 Å². The molecule has 0 atom stereocenters. The van der Waals surface area contributed by atoms with Crippen LogP contribution in [-0.4, -0.2) is 6.61 Å². The Morgan fingerprint density at radius 1 is 0.783 bits per heavy atom. The Kier molecular flexibility index (Phi) is 7.60. The summed E-state index contributed by atoms with van der Waals surface area (Å²) >= 11 is 5.59. The Bertz CT molecular complexity index is 559. The summed E-state index contributed by atoms with van der Waals surface area (Å²) in [5, 5.41) is 0. The average molecular weight is 350 g/mol. The van der Waals surface area contributed by atoms with Crippen molar-refractivity contribution >= 4 is 18.5 Å². The highest BCUT2D eigenvalue weighted by atomic mass is 32.5. The molecular formula is C18H23O3PS. The van der Waals surface area contributed by atoms with Gasteiger partial charge in [-0.2, -0.15) is 0 Å². The summed E-state index contributed by atoms with van der Waals surface area (Å²) in [6.45, 7) is -0.143. The third-order valence-electron chi connectivity index (χ3n) is 3.17. The number of hydrogen-bond acceptors (Lipinski definition) is 4. The lowest BCUT2D eigenvalue weighted by atomic mass is 10.2. The molecule has 2 rings (SSSR count). The molecule has 0 spiro atoms. The highest BCUT2D eigenvalue weighted by Crippen LogP contribution is 2.50. The first-order valence-electron chi connectivity index (χ1n) is 7.96. The van der Waals surface area contributed by atoms with Crippen molar-refractivity contribution in [1.29, 1.82) is 0 Å². The topological polar surface area (TPSA) is 27.7 Å². The molecule has 0 bridgehead atoms. The van der Waals surface area contributed by atoms with Crippen LogP contribution < -0.4 is 9.05 Å². The fraction of sp³-hybridized carbons (Fsp3) is 0.333. The quantitative estimate of drug-likeness (QED) is 0.390. The lowest BCUT2D eigenvalue weighted by Crippen LogP contribution is -2.06. The van der Waals surface area contributed by atoms with E-state index in [1.54, 1.807) is 0 Å². The molecule has 0 unspecified atom stereocenters. The van der Waals surface area contributed by atoms with E-state index in [1.807, 2.05) is 60.7 Å². The number of rotatable bonds is 10. The molecule has 3 nitrogen and oxygen atoms in total. The van der Waals surface area contributed by atoms with Crippen LogP contribution in [0.3, 0.4) is 0 Å². The second-order valence-electron chi connectivity index (χ2n) is 5.15. The summed E-state index contributed by atoms with van der Waals surface area (Å²) in [5.74, 6) is 1.33. The van der Waals surface area contributed by atoms with Crippen molar-refractivity contribution in [2.45, 2.75) is 32.6 Å². The van der Waals surface area contributed by atoms with Crippen LogP contribution in [-0.2, 0) is 16.3 Å². The Hall–Kier alpha value is -1.35. The van der Waals surface area contributed by atoms with Gasteiger partial charge in [-0.3, -0.25) is 4.52 Å². The summed E-state index contributed by atoms with van der Waals surface area (Å²) in [7, 11) is 0. The minimum atomic E-state index is -2.88. The van der Waals surface area contributed by atoms with Gasteiger partial charge in [0.2, 0.25) is 0 Å². The van der Waals surface area contributed by atoms with E-state index in [2.05, 4.69) is 6.92 Å². The highest BCUT2D eigenvalue weighted by Gasteiger charge is 2.24. The molecule has 0 aliphatic heterocycles. The highest BCUT2D eigenvalue weighted by molar-refractivity contribution is 8.07. The molecule has 2 aromatic carbocycles. The molecule has 0 aliphatic carbocycles. The first-order valence-corrected chi connectivity index (χ1v) is 10.5. The monoisotopic (exact) mass is 350 g/mol. The first kappa shape index (κ1) is 18.0. The van der Waals surface area contributed by atoms with E-state index in [0.717, 1.165) is 12.8 Å². The summed E-state index contributed by atoms with van der Waals surface area (Å²) in [6.07, 6.45) is 4.48. The van der Waals surface area contributed by atoms with E-state index in [0.29, 0.717) is 18.1 Å². The van der Waals surface area contributed by atoms with Crippen LogP contribution in [0, 0.1) is 0 Å². The lowest BCUT2D eigenvalue weighted by molar-refractivity contribution is 0.255. The largest absolute Gasteiger partial charge is 0.434 e. The molecule has 0 aliphatic rings. The standard InChI is InChI=1S/C18H23O3PS/c1-2-3-4-11-16-19-22(23,20-17-12-7-5-8-13-17)21-18-14-9-6-10-15-18/h5-10,12-15H,2-4,11,16H2,1H3. The molecule has 2 aromatic rings. The van der Waals surface area contributed by atoms with Gasteiger partial charge in [0.15, 0.2) is 0 Å². The molecule has 0 saturated carbocycles. The third kappa shape index (κ3) is 6.74. The second-order valence-corrected chi connectivity index (χ2v) is 8.01. The van der Waals surface area contributed by atoms with Gasteiger partial charge in [0.1, 0.15) is 11.5 Å². The van der Waals surface area contributed by atoms with Crippen LogP contribution in [0.2, 0.25) is 0 Å². The number of benzene rings is 2. The van der Waals surface area contributed by atoms with Gasteiger partial charge in [-0.1, -0.05) is 62.6 Å². The minimum absolute atomic E-state index is 0.553. The predicted octanol–water partition coefficient (Wildman–Crippen LogP) is 5.97. The van der Waals surface area contributed by atoms with Gasteiger partial charge in [0.25, 0.3) is 0 Å². The van der Waals surface area contributed by atoms with E-state index in [9.17, 15) is 0 Å². The first-order chi connectivity index (χ1) is 11.2. The van der Waals surface area contributed by atoms with Crippen LogP contribution in [0.15, 0.2) is 60.7 Å². The Morgan fingerprint density at radius 3 is 1.78 bits per heavy atom. The van der Waals surface area contributed by atoms with Gasteiger partial charge in [-0.05, 0) is 30.7 Å². The SMILES string of the molecule is CCCCCCOP(=S)(Oc1ccccc1)Oc1ccccc1. The van der Waals surface area contributed by atoms with Gasteiger partial charge in [0.05, 0.1) is 6.61 Å². The van der Waals surface area contributed by atoms with Crippen molar-refractivity contribution in [3.63, 3.8) is 0 Å². The zero-order valence-electron chi connectivity index (χ0n) is 13.4. The molecule has 0 N–H and O–H groups in total. The molecule has 124 valence electrons. The fourth-order valence-corrected chi connectivity index (χ4v) is 3.99.